The minimum atomic E-state index is -0.571. The third kappa shape index (κ3) is 16.3. The van der Waals surface area contributed by atoms with E-state index in [1.165, 1.54) is 63.5 Å². The van der Waals surface area contributed by atoms with Gasteiger partial charge in [-0.15, -0.1) is 0 Å². The van der Waals surface area contributed by atoms with Gasteiger partial charge in [-0.05, 0) is 90.6 Å². The molecule has 4 aromatic carbocycles. The number of rotatable bonds is 26. The average molecular weight is 759 g/mol. The Hall–Kier alpha value is -5.82. The molecule has 4 aromatic rings. The van der Waals surface area contributed by atoms with E-state index >= 15 is 0 Å². The predicted molar refractivity (Wildman–Crippen MR) is 222 cm³/mol. The van der Waals surface area contributed by atoms with Crippen molar-refractivity contribution in [3.63, 3.8) is 0 Å². The summed E-state index contributed by atoms with van der Waals surface area (Å²) in [6.45, 7) is 11.4. The SMILES string of the molecule is [C-]#[N+]/C(=C\c1ccc(-c2ccc(OCCCCCC)cc2)cc1)C(=O)OCCCCCCCCCCCCOc1ccc(N=Nc2ccc([N+](=O)[O-])cc2)cc1. The molecule has 0 amide bonds. The van der Waals surface area contributed by atoms with Crippen LogP contribution in [0.5, 0.6) is 11.5 Å². The van der Waals surface area contributed by atoms with Gasteiger partial charge in [0, 0.05) is 12.1 Å². The summed E-state index contributed by atoms with van der Waals surface area (Å²) < 4.78 is 17.1. The molecule has 4 rings (SSSR count). The number of nitro benzene ring substituents is 1. The number of carbonyl (C=O) groups is 1. The van der Waals surface area contributed by atoms with Gasteiger partial charge in [0.05, 0.1) is 42.7 Å². The van der Waals surface area contributed by atoms with E-state index in [9.17, 15) is 14.9 Å². The lowest BCUT2D eigenvalue weighted by molar-refractivity contribution is -0.384. The Morgan fingerprint density at radius 1 is 0.625 bits per heavy atom. The number of non-ortho nitro benzene ring substituents is 1. The fraction of sp³-hybridized carbons (Fsp3) is 0.391. The predicted octanol–water partition coefficient (Wildman–Crippen LogP) is 13.4. The average Bonchev–Trinajstić information content (AvgIpc) is 3.23. The number of hydrogen-bond acceptors (Lipinski definition) is 8. The largest absolute Gasteiger partial charge is 0.494 e. The molecule has 0 saturated heterocycles. The molecular weight excluding hydrogens is 705 g/mol. The minimum Gasteiger partial charge on any atom is -0.494 e. The highest BCUT2D eigenvalue weighted by Crippen LogP contribution is 2.25. The molecular formula is C46H54N4O6. The smallest absolute Gasteiger partial charge is 0.336 e. The van der Waals surface area contributed by atoms with Crippen LogP contribution in [0.2, 0.25) is 0 Å². The van der Waals surface area contributed by atoms with Crippen molar-refractivity contribution in [3.8, 4) is 22.6 Å². The fourth-order valence-corrected chi connectivity index (χ4v) is 5.94. The Bertz CT molecular complexity index is 1850. The molecule has 0 aliphatic heterocycles. The van der Waals surface area contributed by atoms with Crippen LogP contribution in [-0.4, -0.2) is 30.7 Å². The summed E-state index contributed by atoms with van der Waals surface area (Å²) in [5.41, 5.74) is 4.14. The Morgan fingerprint density at radius 2 is 1.05 bits per heavy atom. The number of nitrogens with zero attached hydrogens (tertiary/aromatic N) is 4. The summed E-state index contributed by atoms with van der Waals surface area (Å²) in [7, 11) is 0. The summed E-state index contributed by atoms with van der Waals surface area (Å²) in [6.07, 6.45) is 17.3. The Morgan fingerprint density at radius 3 is 1.54 bits per heavy atom. The molecule has 0 radical (unpaired) electrons. The Balaban J connectivity index is 0.988. The zero-order valence-corrected chi connectivity index (χ0v) is 32.6. The molecule has 10 heteroatoms. The third-order valence-corrected chi connectivity index (χ3v) is 9.22. The molecule has 0 fully saturated rings. The molecule has 294 valence electrons. The van der Waals surface area contributed by atoms with Gasteiger partial charge in [-0.1, -0.05) is 114 Å². The van der Waals surface area contributed by atoms with Gasteiger partial charge in [0.25, 0.3) is 11.4 Å². The summed E-state index contributed by atoms with van der Waals surface area (Å²) >= 11 is 0. The Labute approximate surface area is 331 Å². The fourth-order valence-electron chi connectivity index (χ4n) is 5.94. The second kappa shape index (κ2) is 25.3. The summed E-state index contributed by atoms with van der Waals surface area (Å²) in [6, 6.07) is 29.2. The number of esters is 1. The molecule has 0 atom stereocenters. The summed E-state index contributed by atoms with van der Waals surface area (Å²) in [5, 5.41) is 19.1. The van der Waals surface area contributed by atoms with E-state index in [1.54, 1.807) is 18.2 Å². The quantitative estimate of drug-likeness (QED) is 0.0120. The number of carbonyl (C=O) groups excluding carboxylic acids is 1. The van der Waals surface area contributed by atoms with Crippen molar-refractivity contribution in [3.05, 3.63) is 130 Å². The van der Waals surface area contributed by atoms with E-state index in [4.69, 9.17) is 20.8 Å². The molecule has 0 unspecified atom stereocenters. The first-order valence-electron chi connectivity index (χ1n) is 19.9. The lowest BCUT2D eigenvalue weighted by Gasteiger charge is -2.08. The first kappa shape index (κ1) is 42.9. The van der Waals surface area contributed by atoms with Crippen molar-refractivity contribution in [2.75, 3.05) is 19.8 Å². The van der Waals surface area contributed by atoms with Crippen LogP contribution in [0.3, 0.4) is 0 Å². The van der Waals surface area contributed by atoms with E-state index in [0.29, 0.717) is 24.6 Å². The van der Waals surface area contributed by atoms with Crippen LogP contribution in [0.1, 0.15) is 102 Å². The summed E-state index contributed by atoms with van der Waals surface area (Å²) in [5.74, 6) is 1.09. The van der Waals surface area contributed by atoms with Crippen molar-refractivity contribution in [1.82, 2.24) is 0 Å². The van der Waals surface area contributed by atoms with Crippen molar-refractivity contribution < 1.29 is 23.9 Å². The molecule has 10 nitrogen and oxygen atoms in total. The van der Waals surface area contributed by atoms with Crippen molar-refractivity contribution in [2.45, 2.75) is 96.8 Å². The van der Waals surface area contributed by atoms with Crippen LogP contribution in [0.4, 0.5) is 17.1 Å². The van der Waals surface area contributed by atoms with Gasteiger partial charge in [-0.2, -0.15) is 10.2 Å². The second-order valence-electron chi connectivity index (χ2n) is 13.7. The van der Waals surface area contributed by atoms with E-state index < -0.39 is 10.9 Å². The van der Waals surface area contributed by atoms with Crippen LogP contribution in [0.25, 0.3) is 22.0 Å². The third-order valence-electron chi connectivity index (χ3n) is 9.22. The standard InChI is InChI=1S/C46H54N4O6/c1-3-4-5-14-33-54-43-29-21-39(22-30-43)38-19-17-37(18-20-38)36-45(47-2)46(51)56-35-16-13-11-9-7-6-8-10-12-15-34-55-44-31-25-41(26-32-44)49-48-40-23-27-42(28-24-40)50(52)53/h17-32,36H,3-16,33-35H2,1H3/b45-36-,49-48?. The van der Waals surface area contributed by atoms with Crippen molar-refractivity contribution in [1.29, 1.82) is 0 Å². The van der Waals surface area contributed by atoms with Gasteiger partial charge in [-0.25, -0.2) is 4.85 Å². The number of benzene rings is 4. The van der Waals surface area contributed by atoms with Gasteiger partial charge in [0.15, 0.2) is 0 Å². The first-order valence-corrected chi connectivity index (χ1v) is 19.9. The van der Waals surface area contributed by atoms with Gasteiger partial charge >= 0.3 is 5.97 Å². The van der Waals surface area contributed by atoms with Gasteiger partial charge in [0.2, 0.25) is 0 Å². The second-order valence-corrected chi connectivity index (χ2v) is 13.7. The Kier molecular flexibility index (Phi) is 19.4. The molecule has 0 N–H and O–H groups in total. The lowest BCUT2D eigenvalue weighted by atomic mass is 10.0. The molecule has 0 bridgehead atoms. The maximum absolute atomic E-state index is 12.6. The van der Waals surface area contributed by atoms with Crippen LogP contribution < -0.4 is 9.47 Å². The van der Waals surface area contributed by atoms with Crippen LogP contribution in [0.15, 0.2) is 113 Å². The maximum Gasteiger partial charge on any atom is 0.336 e. The molecule has 0 spiro atoms. The minimum absolute atomic E-state index is 0.0121. The van der Waals surface area contributed by atoms with Crippen molar-refractivity contribution >= 4 is 29.1 Å². The van der Waals surface area contributed by atoms with Gasteiger partial charge < -0.3 is 14.2 Å². The monoisotopic (exact) mass is 758 g/mol. The highest BCUT2D eigenvalue weighted by molar-refractivity contribution is 5.95. The van der Waals surface area contributed by atoms with E-state index in [1.807, 2.05) is 72.8 Å². The number of ether oxygens (including phenoxy) is 3. The van der Waals surface area contributed by atoms with E-state index in [2.05, 4.69) is 22.0 Å². The highest BCUT2D eigenvalue weighted by atomic mass is 16.6. The number of unbranched alkanes of at least 4 members (excludes halogenated alkanes) is 12. The molecule has 56 heavy (non-hydrogen) atoms. The zero-order valence-electron chi connectivity index (χ0n) is 32.6. The van der Waals surface area contributed by atoms with Crippen LogP contribution in [0, 0.1) is 16.7 Å². The first-order chi connectivity index (χ1) is 27.4. The zero-order chi connectivity index (χ0) is 39.6. The number of hydrogen-bond donors (Lipinski definition) is 0. The molecule has 0 aliphatic rings. The lowest BCUT2D eigenvalue weighted by Crippen LogP contribution is -2.07. The molecule has 0 saturated carbocycles. The van der Waals surface area contributed by atoms with Gasteiger partial charge in [0.1, 0.15) is 11.5 Å². The summed E-state index contributed by atoms with van der Waals surface area (Å²) in [4.78, 5) is 26.3. The maximum atomic E-state index is 12.6. The normalized spacial score (nSPS) is 11.3. The topological polar surface area (TPSA) is 117 Å². The van der Waals surface area contributed by atoms with E-state index in [0.717, 1.165) is 73.3 Å². The van der Waals surface area contributed by atoms with Crippen LogP contribution in [-0.2, 0) is 9.53 Å². The van der Waals surface area contributed by atoms with E-state index in [-0.39, 0.29) is 11.4 Å². The van der Waals surface area contributed by atoms with Gasteiger partial charge in [-0.3, -0.25) is 14.9 Å². The van der Waals surface area contributed by atoms with Crippen LogP contribution >= 0.6 is 0 Å². The molecule has 0 aromatic heterocycles. The number of nitro groups is 1. The molecule has 0 heterocycles. The number of azo groups is 1. The molecule has 0 aliphatic carbocycles. The highest BCUT2D eigenvalue weighted by Gasteiger charge is 2.12. The van der Waals surface area contributed by atoms with Crippen molar-refractivity contribution in [2.24, 2.45) is 10.2 Å².